The largest absolute Gasteiger partial charge is 0.346 e. The number of nitrogens with one attached hydrogen (secondary N) is 2. The van der Waals surface area contributed by atoms with Crippen molar-refractivity contribution in [2.45, 2.75) is 30.7 Å². The van der Waals surface area contributed by atoms with Crippen LogP contribution in [0.25, 0.3) is 22.2 Å². The molecule has 180 valence electrons. The van der Waals surface area contributed by atoms with Crippen LogP contribution in [0.1, 0.15) is 24.4 Å². The Bertz CT molecular complexity index is 1570. The van der Waals surface area contributed by atoms with Crippen LogP contribution >= 0.6 is 0 Å². The molecule has 1 aromatic carbocycles. The molecule has 0 unspecified atom stereocenters. The second-order valence-corrected chi connectivity index (χ2v) is 11.1. The molecular weight excluding hydrogens is 471 g/mol. The summed E-state index contributed by atoms with van der Waals surface area (Å²) in [5.74, 6) is 0.101. The van der Waals surface area contributed by atoms with Gasteiger partial charge in [0, 0.05) is 42.4 Å². The summed E-state index contributed by atoms with van der Waals surface area (Å²) in [7, 11) is -3.70. The molecule has 6 rings (SSSR count). The predicted octanol–water partition coefficient (Wildman–Crippen LogP) is 3.47. The number of hydrogen-bond acceptors (Lipinski definition) is 5. The number of sulfonamides is 1. The Hall–Kier alpha value is -3.57. The predicted molar refractivity (Wildman–Crippen MR) is 128 cm³/mol. The fourth-order valence-electron chi connectivity index (χ4n) is 4.30. The Morgan fingerprint density at radius 3 is 2.74 bits per heavy atom. The molecule has 1 saturated carbocycles. The number of aryl methyl sites for hydroxylation is 1. The van der Waals surface area contributed by atoms with Gasteiger partial charge in [-0.15, -0.1) is 0 Å². The minimum absolute atomic E-state index is 0.0165. The summed E-state index contributed by atoms with van der Waals surface area (Å²) in [5, 5.41) is 8.28. The van der Waals surface area contributed by atoms with Crippen LogP contribution in [0.3, 0.4) is 0 Å². The van der Waals surface area contributed by atoms with Gasteiger partial charge in [-0.2, -0.15) is 9.40 Å². The highest BCUT2D eigenvalue weighted by atomic mass is 32.2. The third-order valence-electron chi connectivity index (χ3n) is 6.61. The zero-order valence-corrected chi connectivity index (χ0v) is 19.7. The lowest BCUT2D eigenvalue weighted by molar-refractivity contribution is -0.117. The molecule has 35 heavy (non-hydrogen) atoms. The SMILES string of the molecule is Cc1cc(S(=O)(=O)N2CC(n3cc(-c4cc(NC(=O)C5CC5)nc5[nH]ccc45)cn3)C2)ccc1F. The number of fused-ring (bicyclic) bond motifs is 1. The van der Waals surface area contributed by atoms with E-state index in [0.29, 0.717) is 17.0 Å². The third kappa shape index (κ3) is 3.90. The normalized spacial score (nSPS) is 17.0. The number of pyridine rings is 1. The summed E-state index contributed by atoms with van der Waals surface area (Å²) in [6, 6.07) is 7.47. The van der Waals surface area contributed by atoms with Gasteiger partial charge in [0.1, 0.15) is 17.3 Å². The van der Waals surface area contributed by atoms with E-state index in [2.05, 4.69) is 20.4 Å². The fourth-order valence-corrected chi connectivity index (χ4v) is 5.90. The number of anilines is 1. The number of rotatable bonds is 6. The number of hydrogen-bond donors (Lipinski definition) is 2. The van der Waals surface area contributed by atoms with Crippen molar-refractivity contribution in [1.82, 2.24) is 24.1 Å². The molecular formula is C24H23FN6O3S. The monoisotopic (exact) mass is 494 g/mol. The molecule has 1 aliphatic carbocycles. The number of H-pyrrole nitrogens is 1. The highest BCUT2D eigenvalue weighted by Gasteiger charge is 2.38. The van der Waals surface area contributed by atoms with Gasteiger partial charge in [-0.05, 0) is 61.2 Å². The minimum Gasteiger partial charge on any atom is -0.346 e. The van der Waals surface area contributed by atoms with Gasteiger partial charge in [-0.1, -0.05) is 0 Å². The van der Waals surface area contributed by atoms with E-state index in [1.807, 2.05) is 18.3 Å². The lowest BCUT2D eigenvalue weighted by Gasteiger charge is -2.38. The van der Waals surface area contributed by atoms with Crippen molar-refractivity contribution < 1.29 is 17.6 Å². The number of nitrogens with zero attached hydrogens (tertiary/aromatic N) is 4. The average Bonchev–Trinajstić information content (AvgIpc) is 3.35. The third-order valence-corrected chi connectivity index (χ3v) is 8.44. The molecule has 3 aromatic heterocycles. The molecule has 0 spiro atoms. The van der Waals surface area contributed by atoms with Gasteiger partial charge in [0.2, 0.25) is 15.9 Å². The number of halogens is 1. The molecule has 11 heteroatoms. The molecule has 0 atom stereocenters. The molecule has 0 radical (unpaired) electrons. The van der Waals surface area contributed by atoms with E-state index >= 15 is 0 Å². The molecule has 1 amide bonds. The zero-order valence-electron chi connectivity index (χ0n) is 18.9. The van der Waals surface area contributed by atoms with Gasteiger partial charge >= 0.3 is 0 Å². The molecule has 4 heterocycles. The maximum absolute atomic E-state index is 13.6. The van der Waals surface area contributed by atoms with Crippen molar-refractivity contribution >= 4 is 32.8 Å². The lowest BCUT2D eigenvalue weighted by atomic mass is 10.1. The summed E-state index contributed by atoms with van der Waals surface area (Å²) in [4.78, 5) is 19.9. The molecule has 2 fully saturated rings. The molecule has 2 N–H and O–H groups in total. The van der Waals surface area contributed by atoms with E-state index in [4.69, 9.17) is 0 Å². The molecule has 0 bridgehead atoms. The van der Waals surface area contributed by atoms with Crippen LogP contribution in [0.4, 0.5) is 10.2 Å². The van der Waals surface area contributed by atoms with Crippen molar-refractivity contribution in [3.8, 4) is 11.1 Å². The van der Waals surface area contributed by atoms with Gasteiger partial charge in [0.05, 0.1) is 17.1 Å². The van der Waals surface area contributed by atoms with Gasteiger partial charge < -0.3 is 10.3 Å². The van der Waals surface area contributed by atoms with Gasteiger partial charge in [-0.3, -0.25) is 9.48 Å². The van der Waals surface area contributed by atoms with Crippen LogP contribution in [0, 0.1) is 18.7 Å². The number of aromatic nitrogens is 4. The standard InChI is InChI=1S/C24H23FN6O3S/c1-14-8-18(4-5-21(14)25)35(33,34)30-12-17(13-30)31-11-16(10-27-31)20-9-22(29-24(32)15-2-3-15)28-23-19(20)6-7-26-23/h4-11,15,17H,2-3,12-13H2,1H3,(H2,26,28,29,32). The highest BCUT2D eigenvalue weighted by molar-refractivity contribution is 7.89. The Balaban J connectivity index is 1.22. The van der Waals surface area contributed by atoms with Crippen molar-refractivity contribution in [3.63, 3.8) is 0 Å². The number of carbonyl (C=O) groups is 1. The van der Waals surface area contributed by atoms with Crippen LogP contribution in [-0.4, -0.2) is 51.5 Å². The van der Waals surface area contributed by atoms with Crippen molar-refractivity contribution in [1.29, 1.82) is 0 Å². The molecule has 9 nitrogen and oxygen atoms in total. The van der Waals surface area contributed by atoms with Crippen LogP contribution in [0.2, 0.25) is 0 Å². The van der Waals surface area contributed by atoms with Crippen molar-refractivity contribution in [3.05, 3.63) is 60.3 Å². The first-order chi connectivity index (χ1) is 16.8. The number of benzene rings is 1. The number of amides is 1. The molecule has 2 aliphatic rings. The summed E-state index contributed by atoms with van der Waals surface area (Å²) in [6.07, 6.45) is 7.22. The first-order valence-corrected chi connectivity index (χ1v) is 12.8. The quantitative estimate of drug-likeness (QED) is 0.426. The lowest BCUT2D eigenvalue weighted by Crippen LogP contribution is -2.50. The summed E-state index contributed by atoms with van der Waals surface area (Å²) in [5.41, 5.74) is 2.67. The maximum atomic E-state index is 13.6. The van der Waals surface area contributed by atoms with Crippen LogP contribution < -0.4 is 5.32 Å². The van der Waals surface area contributed by atoms with Gasteiger partial charge in [0.25, 0.3) is 0 Å². The second kappa shape index (κ2) is 7.99. The summed E-state index contributed by atoms with van der Waals surface area (Å²) >= 11 is 0. The van der Waals surface area contributed by atoms with Crippen LogP contribution in [0.15, 0.2) is 53.8 Å². The maximum Gasteiger partial charge on any atom is 0.243 e. The first kappa shape index (κ1) is 21.9. The van der Waals surface area contributed by atoms with E-state index in [-0.39, 0.29) is 35.9 Å². The highest BCUT2D eigenvalue weighted by Crippen LogP contribution is 2.34. The molecule has 4 aromatic rings. The number of carbonyl (C=O) groups excluding carboxylic acids is 1. The molecule has 1 saturated heterocycles. The van der Waals surface area contributed by atoms with E-state index in [9.17, 15) is 17.6 Å². The first-order valence-electron chi connectivity index (χ1n) is 11.4. The Morgan fingerprint density at radius 2 is 2.00 bits per heavy atom. The van der Waals surface area contributed by atoms with E-state index in [0.717, 1.165) is 29.4 Å². The van der Waals surface area contributed by atoms with Crippen LogP contribution in [0.5, 0.6) is 0 Å². The van der Waals surface area contributed by atoms with Crippen LogP contribution in [-0.2, 0) is 14.8 Å². The Morgan fingerprint density at radius 1 is 1.20 bits per heavy atom. The number of aromatic amines is 1. The Kier molecular flexibility index (Phi) is 5.01. The molecule has 1 aliphatic heterocycles. The van der Waals surface area contributed by atoms with E-state index in [1.54, 1.807) is 24.0 Å². The van der Waals surface area contributed by atoms with Crippen molar-refractivity contribution in [2.24, 2.45) is 5.92 Å². The average molecular weight is 495 g/mol. The fraction of sp³-hybridized carbons (Fsp3) is 0.292. The Labute approximate surface area is 201 Å². The van der Waals surface area contributed by atoms with Gasteiger partial charge in [-0.25, -0.2) is 17.8 Å². The zero-order chi connectivity index (χ0) is 24.3. The topological polar surface area (TPSA) is 113 Å². The smallest absolute Gasteiger partial charge is 0.243 e. The van der Waals surface area contributed by atoms with E-state index < -0.39 is 15.8 Å². The summed E-state index contributed by atoms with van der Waals surface area (Å²) < 4.78 is 42.5. The van der Waals surface area contributed by atoms with E-state index in [1.165, 1.54) is 22.5 Å². The minimum atomic E-state index is -3.70. The van der Waals surface area contributed by atoms with Gasteiger partial charge in [0.15, 0.2) is 0 Å². The summed E-state index contributed by atoms with van der Waals surface area (Å²) in [6.45, 7) is 2.10. The second-order valence-electron chi connectivity index (χ2n) is 9.15. The van der Waals surface area contributed by atoms with Crippen molar-refractivity contribution in [2.75, 3.05) is 18.4 Å².